The van der Waals surface area contributed by atoms with Crippen LogP contribution in [-0.2, 0) is 4.79 Å². The van der Waals surface area contributed by atoms with Crippen LogP contribution >= 0.6 is 0 Å². The highest BCUT2D eigenvalue weighted by atomic mass is 16.1. The Balaban J connectivity index is 3.05. The molecule has 19 heavy (non-hydrogen) atoms. The van der Waals surface area contributed by atoms with E-state index in [9.17, 15) is 4.79 Å². The van der Waals surface area contributed by atoms with Crippen LogP contribution in [0.4, 0.5) is 11.6 Å². The normalized spacial score (nSPS) is 12.3. The van der Waals surface area contributed by atoms with Gasteiger partial charge in [-0.3, -0.25) is 4.79 Å². The molecular weight excluding hydrogens is 242 g/mol. The molecule has 1 amide bonds. The van der Waals surface area contributed by atoms with E-state index < -0.39 is 11.9 Å². The molecule has 1 heterocycles. The first-order valence-electron chi connectivity index (χ1n) is 6.62. The van der Waals surface area contributed by atoms with Crippen molar-refractivity contribution in [1.29, 1.82) is 0 Å². The summed E-state index contributed by atoms with van der Waals surface area (Å²) in [6.07, 6.45) is 2.50. The van der Waals surface area contributed by atoms with Crippen molar-refractivity contribution in [2.24, 2.45) is 5.73 Å². The maximum Gasteiger partial charge on any atom is 0.239 e. The van der Waals surface area contributed by atoms with Crippen LogP contribution in [0.1, 0.15) is 45.6 Å². The third-order valence-corrected chi connectivity index (χ3v) is 2.78. The summed E-state index contributed by atoms with van der Waals surface area (Å²) >= 11 is 0. The fourth-order valence-corrected chi connectivity index (χ4v) is 1.72. The Morgan fingerprint density at radius 3 is 2.47 bits per heavy atom. The first kappa shape index (κ1) is 15.2. The molecule has 0 bridgehead atoms. The molecule has 6 heteroatoms. The first-order chi connectivity index (χ1) is 8.97. The second kappa shape index (κ2) is 6.92. The lowest BCUT2D eigenvalue weighted by atomic mass is 10.0. The number of carbonyl (C=O) groups excluding carboxylic acids is 1. The lowest BCUT2D eigenvalue weighted by molar-refractivity contribution is -0.118. The number of nitrogens with two attached hydrogens (primary N) is 1. The van der Waals surface area contributed by atoms with Crippen molar-refractivity contribution in [3.8, 4) is 0 Å². The van der Waals surface area contributed by atoms with Crippen LogP contribution in [0.15, 0.2) is 6.33 Å². The van der Waals surface area contributed by atoms with E-state index in [0.29, 0.717) is 5.82 Å². The van der Waals surface area contributed by atoms with E-state index in [2.05, 4.69) is 41.4 Å². The van der Waals surface area contributed by atoms with Crippen LogP contribution in [0.25, 0.3) is 0 Å². The fourth-order valence-electron chi connectivity index (χ4n) is 1.72. The smallest absolute Gasteiger partial charge is 0.239 e. The van der Waals surface area contributed by atoms with Crippen LogP contribution in [0, 0.1) is 0 Å². The van der Waals surface area contributed by atoms with E-state index in [4.69, 9.17) is 5.73 Å². The van der Waals surface area contributed by atoms with E-state index in [1.165, 1.54) is 6.33 Å². The Hall–Kier alpha value is -1.85. The lowest BCUT2D eigenvalue weighted by Gasteiger charge is -2.19. The van der Waals surface area contributed by atoms with Gasteiger partial charge in [0, 0.05) is 12.1 Å². The third-order valence-electron chi connectivity index (χ3n) is 2.78. The Morgan fingerprint density at radius 1 is 1.32 bits per heavy atom. The molecule has 0 aromatic carbocycles. The molecule has 106 valence electrons. The zero-order chi connectivity index (χ0) is 14.4. The first-order valence-corrected chi connectivity index (χ1v) is 6.62. The molecule has 1 rings (SSSR count). The molecule has 0 aliphatic rings. The van der Waals surface area contributed by atoms with Gasteiger partial charge in [-0.25, -0.2) is 9.97 Å². The van der Waals surface area contributed by atoms with Crippen molar-refractivity contribution < 1.29 is 4.79 Å². The van der Waals surface area contributed by atoms with Crippen molar-refractivity contribution in [2.45, 2.75) is 46.1 Å². The number of hydrogen-bond acceptors (Lipinski definition) is 5. The third kappa shape index (κ3) is 4.08. The summed E-state index contributed by atoms with van der Waals surface area (Å²) in [6.45, 7) is 8.79. The van der Waals surface area contributed by atoms with Gasteiger partial charge in [-0.2, -0.15) is 0 Å². The predicted molar refractivity (Wildman–Crippen MR) is 77.2 cm³/mol. The molecule has 6 nitrogen and oxygen atoms in total. The number of nitrogens with one attached hydrogen (secondary N) is 2. The molecule has 0 radical (unpaired) electrons. The molecule has 0 saturated carbocycles. The quantitative estimate of drug-likeness (QED) is 0.698. The number of nitrogens with zero attached hydrogens (tertiary/aromatic N) is 2. The van der Waals surface area contributed by atoms with Crippen LogP contribution in [0.5, 0.6) is 0 Å². The van der Waals surface area contributed by atoms with Gasteiger partial charge >= 0.3 is 0 Å². The van der Waals surface area contributed by atoms with Crippen LogP contribution < -0.4 is 16.4 Å². The molecule has 0 aliphatic carbocycles. The maximum absolute atomic E-state index is 11.1. The molecule has 0 fully saturated rings. The summed E-state index contributed by atoms with van der Waals surface area (Å²) in [5, 5.41) is 6.32. The average Bonchev–Trinajstić information content (AvgIpc) is 2.35. The molecule has 0 aliphatic heterocycles. The zero-order valence-corrected chi connectivity index (χ0v) is 12.0. The number of amides is 1. The molecule has 4 N–H and O–H groups in total. The molecule has 0 spiro atoms. The van der Waals surface area contributed by atoms with E-state index in [1.807, 2.05) is 0 Å². The van der Waals surface area contributed by atoms with Gasteiger partial charge < -0.3 is 16.4 Å². The molecule has 1 atom stereocenters. The Labute approximate surface area is 114 Å². The van der Waals surface area contributed by atoms with Crippen molar-refractivity contribution in [2.75, 3.05) is 17.2 Å². The van der Waals surface area contributed by atoms with Gasteiger partial charge in [0.2, 0.25) is 5.91 Å². The minimum atomic E-state index is -0.466. The number of rotatable bonds is 7. The Bertz CT molecular complexity index is 433. The highest BCUT2D eigenvalue weighted by Crippen LogP contribution is 2.28. The molecule has 1 unspecified atom stereocenters. The van der Waals surface area contributed by atoms with Crippen LogP contribution in [0.3, 0.4) is 0 Å². The molecular formula is C13H23N5O. The molecule has 1 aromatic heterocycles. The summed E-state index contributed by atoms with van der Waals surface area (Å²) in [6, 6.07) is -0.466. The highest BCUT2D eigenvalue weighted by molar-refractivity contribution is 5.82. The maximum atomic E-state index is 11.1. The minimum Gasteiger partial charge on any atom is -0.370 e. The molecule has 1 aromatic rings. The second-order valence-electron chi connectivity index (χ2n) is 4.83. The SMILES string of the molecule is CCCNc1ncnc(NC(C)C(N)=O)c1C(C)C. The summed E-state index contributed by atoms with van der Waals surface area (Å²) in [7, 11) is 0. The average molecular weight is 265 g/mol. The van der Waals surface area contributed by atoms with Gasteiger partial charge in [-0.15, -0.1) is 0 Å². The van der Waals surface area contributed by atoms with E-state index in [1.54, 1.807) is 6.92 Å². The second-order valence-corrected chi connectivity index (χ2v) is 4.83. The Kier molecular flexibility index (Phi) is 5.54. The van der Waals surface area contributed by atoms with Crippen molar-refractivity contribution in [3.05, 3.63) is 11.9 Å². The van der Waals surface area contributed by atoms with Crippen LogP contribution in [0.2, 0.25) is 0 Å². The van der Waals surface area contributed by atoms with E-state index in [-0.39, 0.29) is 5.92 Å². The predicted octanol–water partition coefficient (Wildman–Crippen LogP) is 1.71. The summed E-state index contributed by atoms with van der Waals surface area (Å²) in [5.74, 6) is 1.31. The van der Waals surface area contributed by atoms with Crippen LogP contribution in [-0.4, -0.2) is 28.5 Å². The summed E-state index contributed by atoms with van der Waals surface area (Å²) < 4.78 is 0. The number of carbonyl (C=O) groups is 1. The fraction of sp³-hybridized carbons (Fsp3) is 0.615. The molecule has 0 saturated heterocycles. The minimum absolute atomic E-state index is 0.239. The van der Waals surface area contributed by atoms with Gasteiger partial charge in [-0.05, 0) is 19.3 Å². The van der Waals surface area contributed by atoms with Crippen molar-refractivity contribution in [3.63, 3.8) is 0 Å². The van der Waals surface area contributed by atoms with E-state index in [0.717, 1.165) is 24.3 Å². The topological polar surface area (TPSA) is 92.9 Å². The summed E-state index contributed by atoms with van der Waals surface area (Å²) in [5.41, 5.74) is 6.24. The van der Waals surface area contributed by atoms with Gasteiger partial charge in [-0.1, -0.05) is 20.8 Å². The standard InChI is InChI=1S/C13H23N5O/c1-5-6-15-12-10(8(2)3)13(17-7-16-12)18-9(4)11(14)19/h7-9H,5-6H2,1-4H3,(H2,14,19)(H2,15,16,17,18). The Morgan fingerprint density at radius 2 is 1.95 bits per heavy atom. The largest absolute Gasteiger partial charge is 0.370 e. The van der Waals surface area contributed by atoms with Crippen molar-refractivity contribution >= 4 is 17.5 Å². The number of hydrogen-bond donors (Lipinski definition) is 3. The van der Waals surface area contributed by atoms with Gasteiger partial charge in [0.1, 0.15) is 24.0 Å². The monoisotopic (exact) mass is 265 g/mol. The van der Waals surface area contributed by atoms with E-state index >= 15 is 0 Å². The van der Waals surface area contributed by atoms with Gasteiger partial charge in [0.15, 0.2) is 0 Å². The summed E-state index contributed by atoms with van der Waals surface area (Å²) in [4.78, 5) is 19.6. The number of primary amides is 1. The number of aromatic nitrogens is 2. The number of anilines is 2. The van der Waals surface area contributed by atoms with Gasteiger partial charge in [0.25, 0.3) is 0 Å². The zero-order valence-electron chi connectivity index (χ0n) is 12.0. The lowest BCUT2D eigenvalue weighted by Crippen LogP contribution is -2.33. The highest BCUT2D eigenvalue weighted by Gasteiger charge is 2.17. The van der Waals surface area contributed by atoms with Crippen molar-refractivity contribution in [1.82, 2.24) is 9.97 Å². The van der Waals surface area contributed by atoms with Gasteiger partial charge in [0.05, 0.1) is 0 Å².